The number of imide groups is 1. The first-order valence-electron chi connectivity index (χ1n) is 18.6. The van der Waals surface area contributed by atoms with Crippen LogP contribution < -0.4 is 4.90 Å². The van der Waals surface area contributed by atoms with Crippen molar-refractivity contribution < 1.29 is 38.4 Å². The average Bonchev–Trinajstić information content (AvgIpc) is 3.96. The van der Waals surface area contributed by atoms with Crippen molar-refractivity contribution in [3.05, 3.63) is 82.3 Å². The molecule has 6 heterocycles. The number of thiazole rings is 2. The summed E-state index contributed by atoms with van der Waals surface area (Å²) in [4.78, 5) is 41.3. The molecule has 0 aliphatic carbocycles. The molecule has 4 aromatic heterocycles. The second-order valence-corrected chi connectivity index (χ2v) is 18.0. The second kappa shape index (κ2) is 15.2. The largest absolute Gasteiger partial charge is 0.443 e. The number of aliphatic hydroxyl groups is 1. The molecule has 6 aromatic rings. The van der Waals surface area contributed by atoms with Gasteiger partial charge in [0.25, 0.3) is 0 Å². The summed E-state index contributed by atoms with van der Waals surface area (Å²) in [7, 11) is 0. The molecule has 304 valence electrons. The zero-order valence-electron chi connectivity index (χ0n) is 33.1. The third kappa shape index (κ3) is 8.10. The van der Waals surface area contributed by atoms with Gasteiger partial charge in [0, 0.05) is 10.9 Å². The predicted molar refractivity (Wildman–Crippen MR) is 213 cm³/mol. The van der Waals surface area contributed by atoms with Crippen LogP contribution in [0.4, 0.5) is 14.7 Å². The fraction of sp³-hybridized carbons (Fsp3) is 0.436. The van der Waals surface area contributed by atoms with Crippen LogP contribution in [0.3, 0.4) is 0 Å². The lowest BCUT2D eigenvalue weighted by Crippen LogP contribution is -2.57. The summed E-state index contributed by atoms with van der Waals surface area (Å²) in [5.41, 5.74) is 1.24. The van der Waals surface area contributed by atoms with Crippen molar-refractivity contribution in [2.75, 3.05) is 11.5 Å². The molecule has 2 amide bonds. The molecule has 0 saturated carbocycles. The van der Waals surface area contributed by atoms with Gasteiger partial charge in [0.15, 0.2) is 12.1 Å². The summed E-state index contributed by atoms with van der Waals surface area (Å²) >= 11 is 2.60. The van der Waals surface area contributed by atoms with Gasteiger partial charge in [-0.25, -0.2) is 33.9 Å². The number of benzene rings is 2. The van der Waals surface area contributed by atoms with Gasteiger partial charge in [-0.3, -0.25) is 0 Å². The van der Waals surface area contributed by atoms with E-state index in [1.54, 1.807) is 76.1 Å². The topological polar surface area (TPSA) is 191 Å². The monoisotopic (exact) mass is 829 g/mol. The summed E-state index contributed by atoms with van der Waals surface area (Å²) in [6.45, 7) is 14.1. The number of carbonyl (C=O) groups is 2. The maximum absolute atomic E-state index is 13.3. The van der Waals surface area contributed by atoms with Gasteiger partial charge in [-0.1, -0.05) is 35.5 Å². The van der Waals surface area contributed by atoms with Gasteiger partial charge in [0.1, 0.15) is 58.9 Å². The van der Waals surface area contributed by atoms with Gasteiger partial charge in [0.05, 0.1) is 33.7 Å². The molecule has 17 nitrogen and oxygen atoms in total. The van der Waals surface area contributed by atoms with Gasteiger partial charge >= 0.3 is 12.2 Å². The maximum atomic E-state index is 13.3. The van der Waals surface area contributed by atoms with Crippen molar-refractivity contribution in [2.45, 2.75) is 103 Å². The number of anilines is 1. The Labute approximate surface area is 341 Å². The van der Waals surface area contributed by atoms with Crippen molar-refractivity contribution >= 4 is 50.2 Å². The highest BCUT2D eigenvalue weighted by Crippen LogP contribution is 2.44. The smallest absolute Gasteiger partial charge is 0.426 e. The zero-order valence-corrected chi connectivity index (χ0v) is 34.7. The van der Waals surface area contributed by atoms with Crippen LogP contribution in [0.15, 0.2) is 60.1 Å². The molecule has 0 bridgehead atoms. The van der Waals surface area contributed by atoms with Crippen molar-refractivity contribution in [2.24, 2.45) is 0 Å². The van der Waals surface area contributed by atoms with Crippen molar-refractivity contribution in [1.82, 2.24) is 39.7 Å². The van der Waals surface area contributed by atoms with Gasteiger partial charge in [-0.05, 0) is 73.6 Å². The summed E-state index contributed by atoms with van der Waals surface area (Å²) in [6, 6.07) is 14.5. The molecular formula is C39H43N9O8S2. The summed E-state index contributed by atoms with van der Waals surface area (Å²) < 4.78 is 34.7. The molecule has 3 unspecified atom stereocenters. The standard InChI is InChI=1S/C39H43N9O8S2/c1-20-40-33(48(44-20)23-14-15-24-28(16-23)58-21(2)41-24)32-30(49)29(31-27(53-32)18-52-34(54-31)22-12-10-9-11-13-22)46-17-25(43-45-46)26-19-57-35(42-26)47(36(50)55-38(3,4)5)37(51)56-39(6,7)8/h9-17,19,27,29-32,34,49H,18H2,1-8H3/t27?,29-,30?,31+,32-,34?/m1/s1. The van der Waals surface area contributed by atoms with Gasteiger partial charge in [-0.15, -0.1) is 27.8 Å². The summed E-state index contributed by atoms with van der Waals surface area (Å²) in [5.74, 6) is 0.868. The van der Waals surface area contributed by atoms with Crippen LogP contribution >= 0.6 is 22.7 Å². The van der Waals surface area contributed by atoms with Crippen molar-refractivity contribution in [1.29, 1.82) is 0 Å². The lowest BCUT2D eigenvalue weighted by atomic mass is 9.91. The first-order chi connectivity index (χ1) is 27.5. The van der Waals surface area contributed by atoms with E-state index in [2.05, 4.69) is 20.3 Å². The van der Waals surface area contributed by atoms with Crippen molar-refractivity contribution in [3.63, 3.8) is 0 Å². The Morgan fingerprint density at radius 1 is 0.931 bits per heavy atom. The second-order valence-electron chi connectivity index (χ2n) is 16.0. The highest BCUT2D eigenvalue weighted by atomic mass is 32.1. The number of amides is 2. The number of carbonyl (C=O) groups excluding carboxylic acids is 2. The van der Waals surface area contributed by atoms with E-state index in [0.717, 1.165) is 42.7 Å². The molecule has 58 heavy (non-hydrogen) atoms. The van der Waals surface area contributed by atoms with Crippen LogP contribution in [0.1, 0.15) is 82.2 Å². The van der Waals surface area contributed by atoms with E-state index in [1.807, 2.05) is 55.5 Å². The minimum absolute atomic E-state index is 0.0131. The normalized spacial score (nSPS) is 22.4. The number of nitrogens with zero attached hydrogens (tertiary/aromatic N) is 9. The molecule has 19 heteroatoms. The van der Waals surface area contributed by atoms with E-state index in [1.165, 1.54) is 4.68 Å². The molecule has 2 fully saturated rings. The van der Waals surface area contributed by atoms with E-state index >= 15 is 0 Å². The number of rotatable bonds is 6. The maximum Gasteiger partial charge on any atom is 0.426 e. The van der Waals surface area contributed by atoms with Gasteiger partial charge in [-0.2, -0.15) is 10.00 Å². The molecule has 2 aromatic carbocycles. The quantitative estimate of drug-likeness (QED) is 0.180. The number of aromatic nitrogens is 8. The Morgan fingerprint density at radius 2 is 1.66 bits per heavy atom. The van der Waals surface area contributed by atoms with Gasteiger partial charge in [0.2, 0.25) is 5.13 Å². The Hall–Kier alpha value is -5.18. The molecule has 2 aliphatic heterocycles. The summed E-state index contributed by atoms with van der Waals surface area (Å²) in [5, 5.41) is 28.6. The summed E-state index contributed by atoms with van der Waals surface area (Å²) in [6.07, 6.45) is -4.69. The van der Waals surface area contributed by atoms with Gasteiger partial charge < -0.3 is 28.8 Å². The number of fused-ring (bicyclic) bond motifs is 2. The Balaban J connectivity index is 1.15. The van der Waals surface area contributed by atoms with E-state index in [4.69, 9.17) is 33.8 Å². The van der Waals surface area contributed by atoms with Crippen molar-refractivity contribution in [3.8, 4) is 17.1 Å². The van der Waals surface area contributed by atoms with Crippen LogP contribution in [0.25, 0.3) is 27.3 Å². The minimum Gasteiger partial charge on any atom is -0.443 e. The van der Waals surface area contributed by atoms with Crippen LogP contribution in [-0.2, 0) is 23.7 Å². The SMILES string of the molecule is Cc1nc([C@@H]2OC3COC(c4ccccc4)O[C@@H]3[C@H](n3cc(-c4csc(N(C(=O)OC(C)(C)C)C(=O)OC(C)(C)C)n4)nn3)C2O)n(-c2ccc3nc(C)sc3c2)n1. The fourth-order valence-corrected chi connectivity index (χ4v) is 8.40. The third-order valence-electron chi connectivity index (χ3n) is 9.08. The lowest BCUT2D eigenvalue weighted by Gasteiger charge is -2.47. The fourth-order valence-electron chi connectivity index (χ4n) is 6.75. The molecule has 2 saturated heterocycles. The van der Waals surface area contributed by atoms with E-state index < -0.39 is 60.1 Å². The molecule has 8 rings (SSSR count). The molecule has 0 spiro atoms. The average molecular weight is 830 g/mol. The van der Waals surface area contributed by atoms with Crippen LogP contribution in [0.5, 0.6) is 0 Å². The molecule has 6 atom stereocenters. The lowest BCUT2D eigenvalue weighted by molar-refractivity contribution is -0.319. The highest BCUT2D eigenvalue weighted by molar-refractivity contribution is 7.18. The molecular weight excluding hydrogens is 787 g/mol. The number of hydrogen-bond acceptors (Lipinski definition) is 16. The third-order valence-corrected chi connectivity index (χ3v) is 10.8. The Bertz CT molecular complexity index is 2420. The van der Waals surface area contributed by atoms with E-state index in [-0.39, 0.29) is 11.7 Å². The van der Waals surface area contributed by atoms with E-state index in [9.17, 15) is 14.7 Å². The number of hydrogen-bond donors (Lipinski definition) is 1. The number of aliphatic hydroxyl groups excluding tert-OH is 1. The first-order valence-corrected chi connectivity index (χ1v) is 20.3. The molecule has 0 radical (unpaired) electrons. The highest BCUT2D eigenvalue weighted by Gasteiger charge is 2.52. The Morgan fingerprint density at radius 3 is 2.36 bits per heavy atom. The molecule has 2 aliphatic rings. The molecule has 1 N–H and O–H groups in total. The number of aryl methyl sites for hydroxylation is 2. The predicted octanol–water partition coefficient (Wildman–Crippen LogP) is 7.04. The minimum atomic E-state index is -1.28. The number of ether oxygens (including phenoxy) is 5. The van der Waals surface area contributed by atoms with E-state index in [0.29, 0.717) is 23.0 Å². The zero-order chi connectivity index (χ0) is 41.1. The van der Waals surface area contributed by atoms with Crippen LogP contribution in [-0.4, -0.2) is 93.1 Å². The first kappa shape index (κ1) is 39.6. The Kier molecular flexibility index (Phi) is 10.4. The van der Waals surface area contributed by atoms with Crippen LogP contribution in [0, 0.1) is 13.8 Å². The van der Waals surface area contributed by atoms with Crippen LogP contribution in [0.2, 0.25) is 0 Å².